The van der Waals surface area contributed by atoms with Gasteiger partial charge in [0.15, 0.2) is 11.0 Å². The molecular weight excluding hydrogens is 442 g/mol. The number of nitrogens with zero attached hydrogens (tertiary/aromatic N) is 5. The van der Waals surface area contributed by atoms with Crippen LogP contribution in [-0.2, 0) is 4.79 Å². The maximum absolute atomic E-state index is 12.8. The van der Waals surface area contributed by atoms with Crippen molar-refractivity contribution in [1.29, 1.82) is 0 Å². The molecule has 9 nitrogen and oxygen atoms in total. The molecule has 0 saturated carbocycles. The van der Waals surface area contributed by atoms with Crippen molar-refractivity contribution in [3.8, 4) is 22.8 Å². The van der Waals surface area contributed by atoms with Crippen molar-refractivity contribution in [2.45, 2.75) is 24.9 Å². The summed E-state index contributed by atoms with van der Waals surface area (Å²) in [5.41, 5.74) is 1.49. The molecule has 1 fully saturated rings. The van der Waals surface area contributed by atoms with Crippen molar-refractivity contribution < 1.29 is 14.5 Å². The summed E-state index contributed by atoms with van der Waals surface area (Å²) in [6.45, 7) is 3.80. The number of hydrogen-bond donors (Lipinski definition) is 0. The lowest BCUT2D eigenvalue weighted by molar-refractivity contribution is -0.384. The summed E-state index contributed by atoms with van der Waals surface area (Å²) in [7, 11) is 1.60. The van der Waals surface area contributed by atoms with E-state index in [1.54, 1.807) is 19.2 Å². The molecule has 2 heterocycles. The Morgan fingerprint density at radius 1 is 1.12 bits per heavy atom. The number of piperidine rings is 1. The highest BCUT2D eigenvalue weighted by atomic mass is 32.2. The van der Waals surface area contributed by atoms with Gasteiger partial charge in [-0.25, -0.2) is 0 Å². The number of rotatable bonds is 7. The lowest BCUT2D eigenvalue weighted by Crippen LogP contribution is -2.38. The number of carbonyl (C=O) groups is 1. The summed E-state index contributed by atoms with van der Waals surface area (Å²) in [6.07, 6.45) is 2.06. The fourth-order valence-electron chi connectivity index (χ4n) is 3.72. The van der Waals surface area contributed by atoms with E-state index in [-0.39, 0.29) is 17.3 Å². The second-order valence-electron chi connectivity index (χ2n) is 8.00. The van der Waals surface area contributed by atoms with Crippen LogP contribution in [0.5, 0.6) is 5.75 Å². The van der Waals surface area contributed by atoms with E-state index >= 15 is 0 Å². The molecule has 4 rings (SSSR count). The molecule has 0 radical (unpaired) electrons. The molecule has 10 heteroatoms. The third-order valence-electron chi connectivity index (χ3n) is 5.76. The Kier molecular flexibility index (Phi) is 6.93. The van der Waals surface area contributed by atoms with E-state index in [1.165, 1.54) is 23.9 Å². The normalized spacial score (nSPS) is 14.3. The molecule has 0 spiro atoms. The van der Waals surface area contributed by atoms with Gasteiger partial charge in [-0.2, -0.15) is 0 Å². The van der Waals surface area contributed by atoms with Crippen LogP contribution < -0.4 is 4.74 Å². The van der Waals surface area contributed by atoms with E-state index in [0.717, 1.165) is 31.6 Å². The van der Waals surface area contributed by atoms with Crippen molar-refractivity contribution in [3.05, 3.63) is 58.6 Å². The fraction of sp³-hybridized carbons (Fsp3) is 0.348. The summed E-state index contributed by atoms with van der Waals surface area (Å²) in [4.78, 5) is 25.3. The number of hydrogen-bond acceptors (Lipinski definition) is 7. The van der Waals surface area contributed by atoms with Crippen LogP contribution in [0.2, 0.25) is 0 Å². The number of methoxy groups -OCH3 is 1. The highest BCUT2D eigenvalue weighted by Crippen LogP contribution is 2.30. The number of carbonyl (C=O) groups excluding carboxylic acids is 1. The van der Waals surface area contributed by atoms with Crippen molar-refractivity contribution in [3.63, 3.8) is 0 Å². The summed E-state index contributed by atoms with van der Waals surface area (Å²) in [5, 5.41) is 20.3. The predicted octanol–water partition coefficient (Wildman–Crippen LogP) is 4.20. The Bertz CT molecular complexity index is 1120. The molecule has 3 aromatic rings. The first-order chi connectivity index (χ1) is 16.0. The van der Waals surface area contributed by atoms with E-state index in [1.807, 2.05) is 33.7 Å². The van der Waals surface area contributed by atoms with Gasteiger partial charge in [0.05, 0.1) is 17.8 Å². The minimum Gasteiger partial charge on any atom is -0.497 e. The standard InChI is InChI=1S/C23H25N5O4S/c1-16-11-13-26(14-12-16)21(29)15-33-23-25-24-22(17-3-5-19(6-4-17)28(30)31)27(23)18-7-9-20(32-2)10-8-18/h3-10,16H,11-15H2,1-2H3. The van der Waals surface area contributed by atoms with Gasteiger partial charge >= 0.3 is 0 Å². The number of nitro benzene ring substituents is 1. The van der Waals surface area contributed by atoms with Crippen LogP contribution in [0.1, 0.15) is 19.8 Å². The van der Waals surface area contributed by atoms with Gasteiger partial charge in [0.2, 0.25) is 5.91 Å². The number of benzene rings is 2. The quantitative estimate of drug-likeness (QED) is 0.291. The van der Waals surface area contributed by atoms with Gasteiger partial charge in [-0.15, -0.1) is 10.2 Å². The maximum atomic E-state index is 12.8. The van der Waals surface area contributed by atoms with Gasteiger partial charge < -0.3 is 9.64 Å². The van der Waals surface area contributed by atoms with Gasteiger partial charge in [0, 0.05) is 36.5 Å². The zero-order valence-electron chi connectivity index (χ0n) is 18.5. The van der Waals surface area contributed by atoms with Gasteiger partial charge in [0.25, 0.3) is 5.69 Å². The first-order valence-electron chi connectivity index (χ1n) is 10.7. The third-order valence-corrected chi connectivity index (χ3v) is 6.68. The molecule has 1 aliphatic rings. The molecule has 0 N–H and O–H groups in total. The first-order valence-corrected chi connectivity index (χ1v) is 11.7. The Hall–Kier alpha value is -3.40. The van der Waals surface area contributed by atoms with Gasteiger partial charge in [-0.05, 0) is 55.2 Å². The third kappa shape index (κ3) is 5.16. The van der Waals surface area contributed by atoms with Crippen LogP contribution >= 0.6 is 11.8 Å². The number of likely N-dealkylation sites (tertiary alicyclic amines) is 1. The van der Waals surface area contributed by atoms with Gasteiger partial charge in [0.1, 0.15) is 5.75 Å². The molecule has 1 aromatic heterocycles. The Morgan fingerprint density at radius 2 is 1.79 bits per heavy atom. The van der Waals surface area contributed by atoms with Gasteiger partial charge in [-0.3, -0.25) is 19.5 Å². The van der Waals surface area contributed by atoms with E-state index in [0.29, 0.717) is 28.2 Å². The topological polar surface area (TPSA) is 103 Å². The molecule has 0 aliphatic carbocycles. The van der Waals surface area contributed by atoms with Crippen LogP contribution in [0.3, 0.4) is 0 Å². The van der Waals surface area contributed by atoms with Crippen molar-refractivity contribution in [1.82, 2.24) is 19.7 Å². The SMILES string of the molecule is COc1ccc(-n2c(SCC(=O)N3CCC(C)CC3)nnc2-c2ccc([N+](=O)[O-])cc2)cc1. The Labute approximate surface area is 195 Å². The number of thioether (sulfide) groups is 1. The first kappa shape index (κ1) is 22.8. The number of aromatic nitrogens is 3. The largest absolute Gasteiger partial charge is 0.497 e. The zero-order chi connectivity index (χ0) is 23.4. The second kappa shape index (κ2) is 10.0. The molecule has 0 unspecified atom stereocenters. The van der Waals surface area contributed by atoms with E-state index in [2.05, 4.69) is 17.1 Å². The van der Waals surface area contributed by atoms with Crippen LogP contribution in [0.25, 0.3) is 17.1 Å². The summed E-state index contributed by atoms with van der Waals surface area (Å²) >= 11 is 1.34. The van der Waals surface area contributed by atoms with Crippen molar-refractivity contribution in [2.24, 2.45) is 5.92 Å². The lowest BCUT2D eigenvalue weighted by Gasteiger charge is -2.30. The van der Waals surface area contributed by atoms with E-state index in [4.69, 9.17) is 4.74 Å². The molecule has 2 aromatic carbocycles. The van der Waals surface area contributed by atoms with Crippen LogP contribution in [0.15, 0.2) is 53.7 Å². The lowest BCUT2D eigenvalue weighted by atomic mass is 9.99. The molecule has 0 bridgehead atoms. The minimum atomic E-state index is -0.438. The molecule has 0 atom stereocenters. The number of ether oxygens (including phenoxy) is 1. The average Bonchev–Trinajstić information content (AvgIpc) is 3.27. The molecule has 172 valence electrons. The molecular formula is C23H25N5O4S. The van der Waals surface area contributed by atoms with E-state index < -0.39 is 4.92 Å². The zero-order valence-corrected chi connectivity index (χ0v) is 19.3. The summed E-state index contributed by atoms with van der Waals surface area (Å²) < 4.78 is 7.12. The maximum Gasteiger partial charge on any atom is 0.269 e. The Balaban J connectivity index is 1.62. The molecule has 33 heavy (non-hydrogen) atoms. The van der Waals surface area contributed by atoms with Crippen LogP contribution in [-0.4, -0.2) is 56.4 Å². The summed E-state index contributed by atoms with van der Waals surface area (Å²) in [6, 6.07) is 13.6. The van der Waals surface area contributed by atoms with Crippen molar-refractivity contribution in [2.75, 3.05) is 26.0 Å². The Morgan fingerprint density at radius 3 is 2.39 bits per heavy atom. The smallest absolute Gasteiger partial charge is 0.269 e. The van der Waals surface area contributed by atoms with Crippen LogP contribution in [0.4, 0.5) is 5.69 Å². The van der Waals surface area contributed by atoms with Crippen LogP contribution in [0, 0.1) is 16.0 Å². The number of amides is 1. The number of nitro groups is 1. The predicted molar refractivity (Wildman–Crippen MR) is 126 cm³/mol. The molecule has 1 saturated heterocycles. The number of non-ortho nitro benzene ring substituents is 1. The second-order valence-corrected chi connectivity index (χ2v) is 8.94. The highest BCUT2D eigenvalue weighted by Gasteiger charge is 2.22. The van der Waals surface area contributed by atoms with Gasteiger partial charge in [-0.1, -0.05) is 18.7 Å². The summed E-state index contributed by atoms with van der Waals surface area (Å²) in [5.74, 6) is 2.27. The molecule has 1 aliphatic heterocycles. The van der Waals surface area contributed by atoms with E-state index in [9.17, 15) is 14.9 Å². The van der Waals surface area contributed by atoms with Crippen molar-refractivity contribution >= 4 is 23.4 Å². The fourth-order valence-corrected chi connectivity index (χ4v) is 4.58. The highest BCUT2D eigenvalue weighted by molar-refractivity contribution is 7.99. The average molecular weight is 468 g/mol. The molecule has 1 amide bonds. The minimum absolute atomic E-state index is 0.00491. The monoisotopic (exact) mass is 467 g/mol.